The van der Waals surface area contributed by atoms with Crippen molar-refractivity contribution in [1.82, 2.24) is 5.32 Å². The van der Waals surface area contributed by atoms with Gasteiger partial charge in [0.15, 0.2) is 0 Å². The summed E-state index contributed by atoms with van der Waals surface area (Å²) >= 11 is 0.934. The van der Waals surface area contributed by atoms with Gasteiger partial charge in [0.2, 0.25) is 0 Å². The number of hydrogen-bond acceptors (Lipinski definition) is 5. The first kappa shape index (κ1) is 17.2. The van der Waals surface area contributed by atoms with Crippen LogP contribution in [-0.2, 0) is 4.74 Å². The van der Waals surface area contributed by atoms with Crippen molar-refractivity contribution in [3.63, 3.8) is 0 Å². The van der Waals surface area contributed by atoms with Crippen molar-refractivity contribution >= 4 is 23.2 Å². The maximum atomic E-state index is 12.3. The highest BCUT2D eigenvalue weighted by Crippen LogP contribution is 2.19. The lowest BCUT2D eigenvalue weighted by Crippen LogP contribution is -2.31. The van der Waals surface area contributed by atoms with Crippen molar-refractivity contribution in [2.45, 2.75) is 19.9 Å². The Hall–Kier alpha value is -2.12. The van der Waals surface area contributed by atoms with E-state index in [9.17, 15) is 9.59 Å². The number of ether oxygens (including phenoxy) is 1. The Morgan fingerprint density at radius 3 is 2.57 bits per heavy atom. The summed E-state index contributed by atoms with van der Waals surface area (Å²) in [5.74, 6) is -0.413. The molecule has 23 heavy (non-hydrogen) atoms. The second kappa shape index (κ2) is 7.94. The maximum absolute atomic E-state index is 12.3. The number of hydrogen-bond donors (Lipinski definition) is 2. The van der Waals surface area contributed by atoms with Crippen molar-refractivity contribution in [2.75, 3.05) is 13.2 Å². The molecule has 2 heterocycles. The van der Waals surface area contributed by atoms with Gasteiger partial charge in [0.05, 0.1) is 17.7 Å². The zero-order chi connectivity index (χ0) is 16.8. The number of amides is 1. The van der Waals surface area contributed by atoms with Gasteiger partial charge in [0.1, 0.15) is 16.7 Å². The summed E-state index contributed by atoms with van der Waals surface area (Å²) in [5.41, 5.74) is 0. The summed E-state index contributed by atoms with van der Waals surface area (Å²) in [6.07, 6.45) is 1.53. The smallest absolute Gasteiger partial charge is 0.345 e. The zero-order valence-electron chi connectivity index (χ0n) is 12.9. The molecule has 0 spiro atoms. The molecule has 124 valence electrons. The van der Waals surface area contributed by atoms with E-state index < -0.39 is 12.0 Å². The molecular formula is C16H19NO5S. The minimum Gasteiger partial charge on any atom is -0.477 e. The average molecular weight is 337 g/mol. The number of rotatable bonds is 8. The van der Waals surface area contributed by atoms with Gasteiger partial charge < -0.3 is 19.6 Å². The molecule has 0 bridgehead atoms. The number of carboxylic acid groups (broad SMARTS) is 1. The van der Waals surface area contributed by atoms with Gasteiger partial charge in [0, 0.05) is 6.61 Å². The lowest BCUT2D eigenvalue weighted by atomic mass is 10.2. The summed E-state index contributed by atoms with van der Waals surface area (Å²) in [7, 11) is 0. The molecule has 0 aliphatic carbocycles. The van der Waals surface area contributed by atoms with Gasteiger partial charge in [0.25, 0.3) is 5.91 Å². The minimum atomic E-state index is -1.04. The monoisotopic (exact) mass is 337 g/mol. The Bertz CT molecular complexity index is 647. The van der Waals surface area contributed by atoms with Crippen molar-refractivity contribution < 1.29 is 23.8 Å². The SMILES string of the molecule is CC(C)COCC(NC(=O)c1ccc(C(=O)O)s1)c1ccco1. The largest absolute Gasteiger partial charge is 0.477 e. The fourth-order valence-corrected chi connectivity index (χ4v) is 2.66. The van der Waals surface area contributed by atoms with Crippen molar-refractivity contribution in [3.8, 4) is 0 Å². The van der Waals surface area contributed by atoms with Crippen LogP contribution in [-0.4, -0.2) is 30.2 Å². The van der Waals surface area contributed by atoms with Gasteiger partial charge in [-0.2, -0.15) is 0 Å². The second-order valence-corrected chi connectivity index (χ2v) is 6.53. The van der Waals surface area contributed by atoms with Gasteiger partial charge >= 0.3 is 5.97 Å². The molecule has 0 aliphatic heterocycles. The minimum absolute atomic E-state index is 0.126. The van der Waals surface area contributed by atoms with Crippen LogP contribution in [0.15, 0.2) is 34.9 Å². The van der Waals surface area contributed by atoms with E-state index in [1.165, 1.54) is 18.4 Å². The number of aromatic carboxylic acids is 1. The Morgan fingerprint density at radius 2 is 2.00 bits per heavy atom. The number of carbonyl (C=O) groups excluding carboxylic acids is 1. The number of carbonyl (C=O) groups is 2. The summed E-state index contributed by atoms with van der Waals surface area (Å²) in [6.45, 7) is 4.95. The topological polar surface area (TPSA) is 88.8 Å². The van der Waals surface area contributed by atoms with Crippen molar-refractivity contribution in [2.24, 2.45) is 5.92 Å². The van der Waals surface area contributed by atoms with Crippen LogP contribution in [0.1, 0.15) is 45.0 Å². The fraction of sp³-hybridized carbons (Fsp3) is 0.375. The van der Waals surface area contributed by atoms with Crippen LogP contribution in [0, 0.1) is 5.92 Å². The fourth-order valence-electron chi connectivity index (χ4n) is 1.91. The van der Waals surface area contributed by atoms with Gasteiger partial charge in [-0.25, -0.2) is 4.79 Å². The number of thiophene rings is 1. The van der Waals surface area contributed by atoms with Crippen LogP contribution in [0.4, 0.5) is 0 Å². The van der Waals surface area contributed by atoms with Gasteiger partial charge in [-0.3, -0.25) is 4.79 Å². The Balaban J connectivity index is 2.03. The van der Waals surface area contributed by atoms with E-state index >= 15 is 0 Å². The summed E-state index contributed by atoms with van der Waals surface area (Å²) in [4.78, 5) is 23.6. The van der Waals surface area contributed by atoms with E-state index in [4.69, 9.17) is 14.3 Å². The van der Waals surface area contributed by atoms with E-state index in [-0.39, 0.29) is 17.4 Å². The molecular weight excluding hydrogens is 318 g/mol. The first-order valence-corrected chi connectivity index (χ1v) is 8.04. The van der Waals surface area contributed by atoms with E-state index in [0.29, 0.717) is 23.2 Å². The highest BCUT2D eigenvalue weighted by atomic mass is 32.1. The van der Waals surface area contributed by atoms with E-state index in [2.05, 4.69) is 5.32 Å². The van der Waals surface area contributed by atoms with Crippen LogP contribution in [0.2, 0.25) is 0 Å². The van der Waals surface area contributed by atoms with Gasteiger partial charge in [-0.15, -0.1) is 11.3 Å². The summed E-state index contributed by atoms with van der Waals surface area (Å²) in [5, 5.41) is 11.7. The number of carboxylic acids is 1. The number of nitrogens with one attached hydrogen (secondary N) is 1. The Kier molecular flexibility index (Phi) is 5.95. The zero-order valence-corrected chi connectivity index (χ0v) is 13.8. The van der Waals surface area contributed by atoms with Gasteiger partial charge in [-0.05, 0) is 30.2 Å². The molecule has 2 rings (SSSR count). The normalized spacial score (nSPS) is 12.3. The van der Waals surface area contributed by atoms with Gasteiger partial charge in [-0.1, -0.05) is 13.8 Å². The third-order valence-electron chi connectivity index (χ3n) is 2.97. The average Bonchev–Trinajstić information content (AvgIpc) is 3.17. The lowest BCUT2D eigenvalue weighted by molar-refractivity contribution is 0.0701. The standard InChI is InChI=1S/C16H19NO5S/c1-10(2)8-21-9-11(12-4-3-7-22-12)17-15(18)13-5-6-14(23-13)16(19)20/h3-7,10-11H,8-9H2,1-2H3,(H,17,18)(H,19,20). The molecule has 2 aromatic heterocycles. The molecule has 0 saturated carbocycles. The molecule has 0 fully saturated rings. The predicted octanol–water partition coefficient (Wildman–Crippen LogP) is 3.18. The molecule has 0 aromatic carbocycles. The highest BCUT2D eigenvalue weighted by molar-refractivity contribution is 7.15. The quantitative estimate of drug-likeness (QED) is 0.772. The Labute approximate surface area is 138 Å². The summed E-state index contributed by atoms with van der Waals surface area (Å²) < 4.78 is 10.9. The lowest BCUT2D eigenvalue weighted by Gasteiger charge is -2.17. The van der Waals surface area contributed by atoms with Crippen molar-refractivity contribution in [1.29, 1.82) is 0 Å². The molecule has 2 N–H and O–H groups in total. The van der Waals surface area contributed by atoms with E-state index in [1.807, 2.05) is 13.8 Å². The summed E-state index contributed by atoms with van der Waals surface area (Å²) in [6, 6.07) is 5.99. The van der Waals surface area contributed by atoms with E-state index in [1.54, 1.807) is 12.1 Å². The maximum Gasteiger partial charge on any atom is 0.345 e. The molecule has 7 heteroatoms. The molecule has 0 saturated heterocycles. The molecule has 0 radical (unpaired) electrons. The molecule has 1 amide bonds. The molecule has 2 aromatic rings. The third-order valence-corrected chi connectivity index (χ3v) is 4.04. The molecule has 0 aliphatic rings. The third kappa shape index (κ3) is 4.94. The van der Waals surface area contributed by atoms with E-state index in [0.717, 1.165) is 11.3 Å². The predicted molar refractivity (Wildman–Crippen MR) is 85.9 cm³/mol. The van der Waals surface area contributed by atoms with Crippen LogP contribution in [0.3, 0.4) is 0 Å². The van der Waals surface area contributed by atoms with Crippen LogP contribution in [0.25, 0.3) is 0 Å². The Morgan fingerprint density at radius 1 is 1.26 bits per heavy atom. The molecule has 1 unspecified atom stereocenters. The highest BCUT2D eigenvalue weighted by Gasteiger charge is 2.20. The second-order valence-electron chi connectivity index (χ2n) is 5.44. The molecule has 6 nitrogen and oxygen atoms in total. The van der Waals surface area contributed by atoms with Crippen LogP contribution < -0.4 is 5.32 Å². The first-order valence-electron chi connectivity index (χ1n) is 7.22. The number of furan rings is 1. The van der Waals surface area contributed by atoms with Crippen molar-refractivity contribution in [3.05, 3.63) is 46.0 Å². The first-order chi connectivity index (χ1) is 11.0. The van der Waals surface area contributed by atoms with Crippen LogP contribution in [0.5, 0.6) is 0 Å². The molecule has 1 atom stereocenters. The van der Waals surface area contributed by atoms with Crippen LogP contribution >= 0.6 is 11.3 Å².